The van der Waals surface area contributed by atoms with E-state index in [0.717, 1.165) is 12.8 Å². The molecule has 2 aliphatic heterocycles. The van der Waals surface area contributed by atoms with Gasteiger partial charge in [-0.25, -0.2) is 23.5 Å². The Hall–Kier alpha value is -2.82. The lowest BCUT2D eigenvalue weighted by atomic mass is 9.42. The van der Waals surface area contributed by atoms with Gasteiger partial charge in [-0.3, -0.25) is 0 Å². The van der Waals surface area contributed by atoms with Crippen molar-refractivity contribution in [2.45, 2.75) is 63.6 Å². The molecule has 0 amide bonds. The molecule has 0 unspecified atom stereocenters. The van der Waals surface area contributed by atoms with E-state index >= 15 is 0 Å². The highest BCUT2D eigenvalue weighted by molar-refractivity contribution is 5.70. The summed E-state index contributed by atoms with van der Waals surface area (Å²) in [4.78, 5) is 28.2. The van der Waals surface area contributed by atoms with Crippen LogP contribution in [0.3, 0.4) is 0 Å². The van der Waals surface area contributed by atoms with Crippen molar-refractivity contribution in [2.24, 2.45) is 22.2 Å². The summed E-state index contributed by atoms with van der Waals surface area (Å²) < 4.78 is 5.27. The number of aromatic nitrogens is 3. The van der Waals surface area contributed by atoms with Gasteiger partial charge >= 0.3 is 11.4 Å². The maximum absolute atomic E-state index is 14.1. The molecule has 2 fully saturated rings. The number of fused-ring (bicyclic) bond motifs is 3. The lowest BCUT2D eigenvalue weighted by Gasteiger charge is -2.65. The lowest BCUT2D eigenvalue weighted by Crippen LogP contribution is -2.66. The molecule has 1 aromatic carbocycles. The van der Waals surface area contributed by atoms with Gasteiger partial charge in [0.25, 0.3) is 0 Å². The molecule has 0 spiro atoms. The smallest absolute Gasteiger partial charge is 0.246 e. The Balaban J connectivity index is 1.39. The SMILES string of the molecule is CC1(C)[C@H]2CC[C@@]1(C)[C@H](n1c(=O)n3n(c1=O)[C@H]1C=C[C@H]3[C@@]34C=Cc5ccccc5[C@]13C=C4)C2. The molecule has 168 valence electrons. The summed E-state index contributed by atoms with van der Waals surface area (Å²) in [5.41, 5.74) is 1.75. The summed E-state index contributed by atoms with van der Waals surface area (Å²) in [6.07, 6.45) is 16.6. The molecular formula is C28H29N3O2. The molecule has 1 aromatic heterocycles. The first-order chi connectivity index (χ1) is 15.8. The predicted octanol–water partition coefficient (Wildman–Crippen LogP) is 4.39. The first-order valence-electron chi connectivity index (χ1n) is 12.4. The van der Waals surface area contributed by atoms with Crippen LogP contribution in [0.5, 0.6) is 0 Å². The third-order valence-electron chi connectivity index (χ3n) is 11.3. The number of allylic oxidation sites excluding steroid dienone is 5. The van der Waals surface area contributed by atoms with Gasteiger partial charge in [-0.15, -0.1) is 0 Å². The first-order valence-corrected chi connectivity index (χ1v) is 12.4. The molecule has 5 nitrogen and oxygen atoms in total. The minimum atomic E-state index is -0.307. The van der Waals surface area contributed by atoms with Crippen molar-refractivity contribution in [3.05, 3.63) is 86.7 Å². The highest BCUT2D eigenvalue weighted by Gasteiger charge is 2.69. The molecule has 2 saturated carbocycles. The van der Waals surface area contributed by atoms with Gasteiger partial charge in [0.05, 0.1) is 17.5 Å². The summed E-state index contributed by atoms with van der Waals surface area (Å²) in [6.45, 7) is 6.99. The van der Waals surface area contributed by atoms with Crippen LogP contribution in [0.15, 0.2) is 64.2 Å². The van der Waals surface area contributed by atoms with Gasteiger partial charge < -0.3 is 0 Å². The van der Waals surface area contributed by atoms with E-state index in [1.54, 1.807) is 9.25 Å². The standard InChI is InChI=1S/C28H29N3O2/c1-25(2)18-11-12-26(25,3)22(16-18)29-23(32)30-20-8-9-21(31(30)24(29)33)28-15-14-27(20,28)13-10-17-6-4-5-7-19(17)28/h4-10,13-15,18,20-22H,11-12,16H2,1-3H3/t18-,20-,21-,22+,26-,27-,28+/m0/s1. The molecule has 0 N–H and O–H groups in total. The van der Waals surface area contributed by atoms with Crippen LogP contribution in [-0.2, 0) is 5.41 Å². The van der Waals surface area contributed by atoms with Gasteiger partial charge in [-0.1, -0.05) is 81.5 Å². The normalized spacial score (nSPS) is 43.7. The minimum Gasteiger partial charge on any atom is -0.246 e. The molecular weight excluding hydrogens is 410 g/mol. The fourth-order valence-corrected chi connectivity index (χ4v) is 9.07. The van der Waals surface area contributed by atoms with Gasteiger partial charge in [-0.05, 0) is 47.1 Å². The van der Waals surface area contributed by atoms with Gasteiger partial charge in [0, 0.05) is 11.5 Å². The van der Waals surface area contributed by atoms with Gasteiger partial charge in [0.15, 0.2) is 0 Å². The van der Waals surface area contributed by atoms with E-state index < -0.39 is 0 Å². The quantitative estimate of drug-likeness (QED) is 0.619. The maximum Gasteiger partial charge on any atom is 0.348 e. The van der Waals surface area contributed by atoms with Crippen molar-refractivity contribution in [3.8, 4) is 0 Å². The number of hydrogen-bond acceptors (Lipinski definition) is 2. The molecule has 7 aliphatic rings. The average molecular weight is 440 g/mol. The van der Waals surface area contributed by atoms with Crippen LogP contribution in [0.25, 0.3) is 6.08 Å². The zero-order valence-corrected chi connectivity index (χ0v) is 19.4. The maximum atomic E-state index is 14.1. The van der Waals surface area contributed by atoms with E-state index in [1.165, 1.54) is 17.5 Å². The van der Waals surface area contributed by atoms with Crippen LogP contribution in [-0.4, -0.2) is 13.9 Å². The predicted molar refractivity (Wildman–Crippen MR) is 127 cm³/mol. The first kappa shape index (κ1) is 18.6. The van der Waals surface area contributed by atoms with Crippen LogP contribution >= 0.6 is 0 Å². The molecule has 7 atom stereocenters. The monoisotopic (exact) mass is 439 g/mol. The van der Waals surface area contributed by atoms with Crippen LogP contribution in [0.4, 0.5) is 0 Å². The van der Waals surface area contributed by atoms with Gasteiger partial charge in [0.2, 0.25) is 0 Å². The molecule has 0 saturated heterocycles. The largest absolute Gasteiger partial charge is 0.348 e. The number of benzene rings is 1. The Morgan fingerprint density at radius 1 is 0.909 bits per heavy atom. The second kappa shape index (κ2) is 5.13. The van der Waals surface area contributed by atoms with Gasteiger partial charge in [0.1, 0.15) is 0 Å². The zero-order chi connectivity index (χ0) is 22.5. The van der Waals surface area contributed by atoms with Crippen molar-refractivity contribution in [3.63, 3.8) is 0 Å². The van der Waals surface area contributed by atoms with E-state index in [4.69, 9.17) is 0 Å². The second-order valence-corrected chi connectivity index (χ2v) is 12.1. The summed E-state index contributed by atoms with van der Waals surface area (Å²) in [5.74, 6) is 0.572. The van der Waals surface area contributed by atoms with E-state index in [9.17, 15) is 9.59 Å². The van der Waals surface area contributed by atoms with E-state index in [-0.39, 0.29) is 51.2 Å². The highest BCUT2D eigenvalue weighted by Crippen LogP contribution is 2.71. The third kappa shape index (κ3) is 1.60. The molecule has 9 rings (SSSR count). The summed E-state index contributed by atoms with van der Waals surface area (Å²) in [6, 6.07) is 8.12. The van der Waals surface area contributed by atoms with Crippen molar-refractivity contribution in [1.29, 1.82) is 0 Å². The fourth-order valence-electron chi connectivity index (χ4n) is 9.07. The molecule has 0 radical (unpaired) electrons. The molecule has 4 bridgehead atoms. The summed E-state index contributed by atoms with van der Waals surface area (Å²) in [7, 11) is 0. The van der Waals surface area contributed by atoms with Crippen molar-refractivity contribution in [2.75, 3.05) is 0 Å². The molecule has 5 aliphatic carbocycles. The van der Waals surface area contributed by atoms with E-state index in [2.05, 4.69) is 81.5 Å². The topological polar surface area (TPSA) is 48.9 Å². The van der Waals surface area contributed by atoms with Crippen molar-refractivity contribution in [1.82, 2.24) is 13.9 Å². The Morgan fingerprint density at radius 3 is 2.30 bits per heavy atom. The molecule has 3 heterocycles. The molecule has 2 aromatic rings. The van der Waals surface area contributed by atoms with E-state index in [0.29, 0.717) is 5.92 Å². The lowest BCUT2D eigenvalue weighted by molar-refractivity contribution is 0.0438. The zero-order valence-electron chi connectivity index (χ0n) is 19.4. The Labute approximate surface area is 192 Å². The molecule has 33 heavy (non-hydrogen) atoms. The number of nitrogens with zero attached hydrogens (tertiary/aromatic N) is 3. The highest BCUT2D eigenvalue weighted by atomic mass is 16.2. The minimum absolute atomic E-state index is 0.0262. The fraction of sp³-hybridized carbons (Fsp3) is 0.500. The third-order valence-corrected chi connectivity index (χ3v) is 11.3. The number of hydrogen-bond donors (Lipinski definition) is 0. The van der Waals surface area contributed by atoms with Crippen LogP contribution in [0.1, 0.15) is 69.3 Å². The Kier molecular flexibility index (Phi) is 2.89. The van der Waals surface area contributed by atoms with Gasteiger partial charge in [-0.2, -0.15) is 0 Å². The van der Waals surface area contributed by atoms with Crippen LogP contribution in [0, 0.1) is 22.2 Å². The summed E-state index contributed by atoms with van der Waals surface area (Å²) in [5, 5.41) is 0. The Bertz CT molecular complexity index is 1480. The average Bonchev–Trinajstić information content (AvgIpc) is 3.26. The van der Waals surface area contributed by atoms with Crippen LogP contribution in [0.2, 0.25) is 0 Å². The van der Waals surface area contributed by atoms with Crippen LogP contribution < -0.4 is 11.4 Å². The second-order valence-electron chi connectivity index (χ2n) is 12.1. The van der Waals surface area contributed by atoms with Crippen molar-refractivity contribution < 1.29 is 0 Å². The summed E-state index contributed by atoms with van der Waals surface area (Å²) >= 11 is 0. The Morgan fingerprint density at radius 2 is 1.64 bits per heavy atom. The number of rotatable bonds is 1. The van der Waals surface area contributed by atoms with Crippen molar-refractivity contribution >= 4 is 6.08 Å². The van der Waals surface area contributed by atoms with E-state index in [1.807, 2.05) is 4.68 Å². The molecule has 5 heteroatoms.